The molecule has 5 nitrogen and oxygen atoms in total. The maximum Gasteiger partial charge on any atom is 0.223 e. The molecule has 1 amide bonds. The van der Waals surface area contributed by atoms with E-state index in [1.54, 1.807) is 36.4 Å². The lowest BCUT2D eigenvalue weighted by atomic mass is 9.97. The Bertz CT molecular complexity index is 1020. The molecule has 1 fully saturated rings. The van der Waals surface area contributed by atoms with E-state index in [2.05, 4.69) is 5.32 Å². The van der Waals surface area contributed by atoms with Gasteiger partial charge in [-0.1, -0.05) is 58.5 Å². The number of benzene rings is 2. The number of carbonyl (C=O) groups excluding carboxylic acids is 1. The van der Waals surface area contributed by atoms with Gasteiger partial charge in [-0.25, -0.2) is 12.7 Å². The number of nitrogens with zero attached hydrogens (tertiary/aromatic N) is 1. The van der Waals surface area contributed by atoms with Crippen LogP contribution in [0.4, 0.5) is 0 Å². The molecule has 2 aromatic rings. The van der Waals surface area contributed by atoms with Crippen LogP contribution in [0.5, 0.6) is 0 Å². The van der Waals surface area contributed by atoms with Gasteiger partial charge in [-0.3, -0.25) is 4.79 Å². The van der Waals surface area contributed by atoms with Crippen molar-refractivity contribution >= 4 is 62.3 Å². The zero-order valence-electron chi connectivity index (χ0n) is 15.9. The highest BCUT2D eigenvalue weighted by atomic mass is 35.5. The summed E-state index contributed by atoms with van der Waals surface area (Å²) in [7, 11) is -3.59. The number of piperidine rings is 1. The topological polar surface area (TPSA) is 66.5 Å². The molecule has 2 aromatic carbocycles. The molecule has 0 spiro atoms. The van der Waals surface area contributed by atoms with Gasteiger partial charge in [0, 0.05) is 51.2 Å². The molecule has 162 valence electrons. The number of rotatable bonds is 6. The Labute approximate surface area is 196 Å². The molecule has 1 saturated heterocycles. The molecule has 30 heavy (non-hydrogen) atoms. The second kappa shape index (κ2) is 10.1. The Morgan fingerprint density at radius 2 is 1.63 bits per heavy atom. The lowest BCUT2D eigenvalue weighted by molar-refractivity contribution is -0.126. The van der Waals surface area contributed by atoms with Crippen molar-refractivity contribution in [3.8, 4) is 0 Å². The van der Waals surface area contributed by atoms with Gasteiger partial charge in [-0.05, 0) is 42.7 Å². The molecule has 3 rings (SSSR count). The molecule has 1 N–H and O–H groups in total. The first-order valence-electron chi connectivity index (χ1n) is 9.29. The van der Waals surface area contributed by atoms with E-state index in [1.165, 1.54) is 4.31 Å². The Hall–Kier alpha value is -1.02. The highest BCUT2D eigenvalue weighted by Crippen LogP contribution is 2.29. The van der Waals surface area contributed by atoms with Gasteiger partial charge in [0.2, 0.25) is 15.9 Å². The molecule has 0 aromatic heterocycles. The maximum absolute atomic E-state index is 12.8. The Morgan fingerprint density at radius 3 is 2.23 bits per heavy atom. The first kappa shape index (κ1) is 23.6. The minimum Gasteiger partial charge on any atom is -0.352 e. The van der Waals surface area contributed by atoms with Crippen LogP contribution in [0.25, 0.3) is 0 Å². The largest absolute Gasteiger partial charge is 0.352 e. The monoisotopic (exact) mass is 508 g/mol. The van der Waals surface area contributed by atoms with Crippen molar-refractivity contribution in [2.75, 3.05) is 13.1 Å². The summed E-state index contributed by atoms with van der Waals surface area (Å²) in [6.07, 6.45) is 0.880. The molecular weight excluding hydrogens is 490 g/mol. The number of hydrogen-bond donors (Lipinski definition) is 1. The number of nitrogens with one attached hydrogen (secondary N) is 1. The average molecular weight is 510 g/mol. The van der Waals surface area contributed by atoms with E-state index in [4.69, 9.17) is 46.4 Å². The van der Waals surface area contributed by atoms with Gasteiger partial charge in [0.05, 0.1) is 5.75 Å². The van der Waals surface area contributed by atoms with Crippen LogP contribution in [0.2, 0.25) is 20.1 Å². The first-order chi connectivity index (χ1) is 14.2. The number of halogens is 4. The number of sulfonamides is 1. The molecule has 0 radical (unpaired) electrons. The minimum atomic E-state index is -3.59. The lowest BCUT2D eigenvalue weighted by Crippen LogP contribution is -2.43. The molecule has 0 unspecified atom stereocenters. The summed E-state index contributed by atoms with van der Waals surface area (Å²) < 4.78 is 27.0. The fourth-order valence-corrected chi connectivity index (χ4v) is 6.12. The van der Waals surface area contributed by atoms with Crippen molar-refractivity contribution in [3.05, 3.63) is 67.6 Å². The molecule has 0 bridgehead atoms. The molecule has 1 aliphatic heterocycles. The van der Waals surface area contributed by atoms with Crippen molar-refractivity contribution in [1.82, 2.24) is 9.62 Å². The van der Waals surface area contributed by atoms with Gasteiger partial charge in [0.1, 0.15) is 0 Å². The molecule has 0 atom stereocenters. The van der Waals surface area contributed by atoms with Crippen LogP contribution in [-0.4, -0.2) is 31.7 Å². The van der Waals surface area contributed by atoms with Gasteiger partial charge in [-0.15, -0.1) is 0 Å². The van der Waals surface area contributed by atoms with Gasteiger partial charge in [-0.2, -0.15) is 0 Å². The lowest BCUT2D eigenvalue weighted by Gasteiger charge is -2.30. The van der Waals surface area contributed by atoms with Crippen molar-refractivity contribution in [2.45, 2.75) is 25.1 Å². The van der Waals surface area contributed by atoms with Crippen LogP contribution < -0.4 is 5.32 Å². The summed E-state index contributed by atoms with van der Waals surface area (Å²) >= 11 is 24.2. The number of hydrogen-bond acceptors (Lipinski definition) is 3. The van der Waals surface area contributed by atoms with Crippen LogP contribution in [0.1, 0.15) is 24.0 Å². The molecular formula is C20H20Cl4N2O3S. The Balaban J connectivity index is 1.55. The standard InChI is InChI=1S/C20H20Cl4N2O3S/c21-15-5-4-14(19(24)10-15)11-25-20(27)13-6-8-26(9-7-13)30(28,29)12-16-17(22)2-1-3-18(16)23/h1-5,10,13H,6-9,11-12H2,(H,25,27). The fourth-order valence-electron chi connectivity index (χ4n) is 3.33. The third-order valence-electron chi connectivity index (χ3n) is 5.07. The first-order valence-corrected chi connectivity index (χ1v) is 12.4. The summed E-state index contributed by atoms with van der Waals surface area (Å²) in [5.74, 6) is -0.643. The van der Waals surface area contributed by atoms with E-state index in [1.807, 2.05) is 0 Å². The van der Waals surface area contributed by atoms with Gasteiger partial charge >= 0.3 is 0 Å². The Kier molecular flexibility index (Phi) is 7.93. The number of amides is 1. The molecule has 0 aliphatic carbocycles. The third-order valence-corrected chi connectivity index (χ3v) is 8.18. The van der Waals surface area contributed by atoms with Gasteiger partial charge < -0.3 is 5.32 Å². The summed E-state index contributed by atoms with van der Waals surface area (Å²) in [6.45, 7) is 0.826. The van der Waals surface area contributed by atoms with Crippen molar-refractivity contribution in [1.29, 1.82) is 0 Å². The van der Waals surface area contributed by atoms with E-state index in [9.17, 15) is 13.2 Å². The van der Waals surface area contributed by atoms with E-state index in [0.29, 0.717) is 45.0 Å². The smallest absolute Gasteiger partial charge is 0.223 e. The zero-order valence-corrected chi connectivity index (χ0v) is 19.7. The predicted octanol–water partition coefficient (Wildman–Crippen LogP) is 5.16. The second-order valence-electron chi connectivity index (χ2n) is 7.08. The maximum atomic E-state index is 12.8. The summed E-state index contributed by atoms with van der Waals surface area (Å²) in [6, 6.07) is 9.99. The van der Waals surface area contributed by atoms with Crippen LogP contribution in [0.15, 0.2) is 36.4 Å². The van der Waals surface area contributed by atoms with Crippen molar-refractivity contribution < 1.29 is 13.2 Å². The normalized spacial score (nSPS) is 15.9. The molecule has 10 heteroatoms. The number of carbonyl (C=O) groups is 1. The van der Waals surface area contributed by atoms with E-state index in [-0.39, 0.29) is 30.7 Å². The van der Waals surface area contributed by atoms with Crippen LogP contribution in [0, 0.1) is 5.92 Å². The van der Waals surface area contributed by atoms with Gasteiger partial charge in [0.25, 0.3) is 0 Å². The predicted molar refractivity (Wildman–Crippen MR) is 122 cm³/mol. The van der Waals surface area contributed by atoms with Crippen molar-refractivity contribution in [2.24, 2.45) is 5.92 Å². The van der Waals surface area contributed by atoms with E-state index < -0.39 is 10.0 Å². The average Bonchev–Trinajstić information content (AvgIpc) is 2.70. The molecule has 0 saturated carbocycles. The van der Waals surface area contributed by atoms with Crippen molar-refractivity contribution in [3.63, 3.8) is 0 Å². The minimum absolute atomic E-state index is 0.118. The summed E-state index contributed by atoms with van der Waals surface area (Å²) in [4.78, 5) is 12.5. The quantitative estimate of drug-likeness (QED) is 0.584. The van der Waals surface area contributed by atoms with E-state index in [0.717, 1.165) is 5.56 Å². The SMILES string of the molecule is O=C(NCc1ccc(Cl)cc1Cl)C1CCN(S(=O)(=O)Cc2c(Cl)cccc2Cl)CC1. The zero-order chi connectivity index (χ0) is 21.9. The van der Waals surface area contributed by atoms with Gasteiger partial charge in [0.15, 0.2) is 0 Å². The summed E-state index contributed by atoms with van der Waals surface area (Å²) in [5.41, 5.74) is 1.16. The van der Waals surface area contributed by atoms with Crippen LogP contribution in [0.3, 0.4) is 0 Å². The van der Waals surface area contributed by atoms with Crippen LogP contribution in [-0.2, 0) is 27.1 Å². The molecule has 1 aliphatic rings. The summed E-state index contributed by atoms with van der Waals surface area (Å²) in [5, 5.41) is 4.53. The highest BCUT2D eigenvalue weighted by Gasteiger charge is 2.32. The highest BCUT2D eigenvalue weighted by molar-refractivity contribution is 7.88. The third kappa shape index (κ3) is 5.81. The second-order valence-corrected chi connectivity index (χ2v) is 10.7. The van der Waals surface area contributed by atoms with Crippen LogP contribution >= 0.6 is 46.4 Å². The molecule has 1 heterocycles. The Morgan fingerprint density at radius 1 is 1.00 bits per heavy atom. The fraction of sp³-hybridized carbons (Fsp3) is 0.350. The van der Waals surface area contributed by atoms with E-state index >= 15 is 0 Å².